The molecule has 0 amide bonds. The van der Waals surface area contributed by atoms with Crippen molar-refractivity contribution < 1.29 is 31.5 Å². The molecule has 138 valence electrons. The summed E-state index contributed by atoms with van der Waals surface area (Å²) in [7, 11) is 0. The Bertz CT molecular complexity index is 799. The molecule has 0 N–H and O–H groups in total. The minimum Gasteiger partial charge on any atom is -0.287 e. The first-order valence-electron chi connectivity index (χ1n) is 7.23. The summed E-state index contributed by atoms with van der Waals surface area (Å²) in [6.07, 6.45) is -0.594. The first-order valence-corrected chi connectivity index (χ1v) is 9.03. The van der Waals surface area contributed by atoms with Crippen LogP contribution in [0.25, 0.3) is 0 Å². The van der Waals surface area contributed by atoms with Crippen LogP contribution in [0.3, 0.4) is 0 Å². The van der Waals surface area contributed by atoms with Crippen molar-refractivity contribution in [1.29, 1.82) is 0 Å². The molecule has 0 spiro atoms. The molecule has 0 aliphatic carbocycles. The van der Waals surface area contributed by atoms with Gasteiger partial charge in [0.1, 0.15) is 0 Å². The van der Waals surface area contributed by atoms with E-state index in [0.29, 0.717) is 5.75 Å². The van der Waals surface area contributed by atoms with Crippen LogP contribution in [0.2, 0.25) is 0 Å². The van der Waals surface area contributed by atoms with Gasteiger partial charge >= 0.3 is 0 Å². The molecule has 0 fully saturated rings. The number of halogens is 5. The van der Waals surface area contributed by atoms with Crippen LogP contribution in [0, 0.1) is 29.1 Å². The third-order valence-corrected chi connectivity index (χ3v) is 5.16. The molecule has 0 aliphatic rings. The van der Waals surface area contributed by atoms with Gasteiger partial charge in [0.2, 0.25) is 5.82 Å². The molecule has 0 aromatic heterocycles. The fourth-order valence-corrected chi connectivity index (χ4v) is 3.41. The summed E-state index contributed by atoms with van der Waals surface area (Å²) in [5.74, 6) is -10.3. The van der Waals surface area contributed by atoms with Gasteiger partial charge in [0.15, 0.2) is 33.5 Å². The van der Waals surface area contributed by atoms with E-state index in [2.05, 4.69) is 0 Å². The Hall–Kier alpha value is -1.87. The van der Waals surface area contributed by atoms with Gasteiger partial charge < -0.3 is 0 Å². The van der Waals surface area contributed by atoms with Crippen molar-refractivity contribution in [1.82, 2.24) is 0 Å². The van der Waals surface area contributed by atoms with Crippen LogP contribution in [0.15, 0.2) is 35.2 Å². The Kier molecular flexibility index (Phi) is 7.22. The number of benzene rings is 2. The largest absolute Gasteiger partial charge is 0.287 e. The second kappa shape index (κ2) is 9.18. The molecule has 2 nitrogen and oxygen atoms in total. The zero-order chi connectivity index (χ0) is 19.3. The minimum absolute atomic E-state index is 0.107. The van der Waals surface area contributed by atoms with E-state index >= 15 is 0 Å². The lowest BCUT2D eigenvalue weighted by Crippen LogP contribution is -2.05. The van der Waals surface area contributed by atoms with Crippen LogP contribution >= 0.6 is 23.5 Å². The lowest BCUT2D eigenvalue weighted by Gasteiger charge is -2.07. The average molecular weight is 406 g/mol. The molecule has 0 bridgehead atoms. The highest BCUT2D eigenvalue weighted by Gasteiger charge is 2.27. The van der Waals surface area contributed by atoms with Gasteiger partial charge in [-0.05, 0) is 17.3 Å². The van der Waals surface area contributed by atoms with Crippen molar-refractivity contribution in [2.45, 2.75) is 23.5 Å². The maximum atomic E-state index is 13.5. The molecular weight excluding hydrogens is 395 g/mol. The molecule has 0 saturated carbocycles. The Morgan fingerprint density at radius 3 is 1.81 bits per heavy atom. The summed E-state index contributed by atoms with van der Waals surface area (Å²) in [6, 6.07) is 9.09. The van der Waals surface area contributed by atoms with Gasteiger partial charge in [-0.3, -0.25) is 9.59 Å². The summed E-state index contributed by atoms with van der Waals surface area (Å²) in [5, 5.41) is -1.19. The smallest absolute Gasteiger partial charge is 0.200 e. The van der Waals surface area contributed by atoms with Gasteiger partial charge in [-0.15, -0.1) is 0 Å². The predicted molar refractivity (Wildman–Crippen MR) is 89.1 cm³/mol. The third kappa shape index (κ3) is 5.07. The van der Waals surface area contributed by atoms with E-state index in [4.69, 9.17) is 0 Å². The van der Waals surface area contributed by atoms with Gasteiger partial charge in [0.25, 0.3) is 0 Å². The van der Waals surface area contributed by atoms with Crippen LogP contribution in [0.5, 0.6) is 0 Å². The standard InChI is InChI=1S/C17H11F5O2S2/c18-12-13(19)15(21)17(16(22)14(12)20)26-11(24)7-6-10(23)25-8-9-4-2-1-3-5-9/h1-5H,6-8H2. The average Bonchev–Trinajstić information content (AvgIpc) is 2.65. The molecular formula is C17H11F5O2S2. The van der Waals surface area contributed by atoms with Crippen LogP contribution in [0.1, 0.15) is 18.4 Å². The summed E-state index contributed by atoms with van der Waals surface area (Å²) in [4.78, 5) is 22.2. The molecule has 9 heteroatoms. The lowest BCUT2D eigenvalue weighted by molar-refractivity contribution is -0.115. The first kappa shape index (κ1) is 20.4. The summed E-state index contributed by atoms with van der Waals surface area (Å²) in [6.45, 7) is 0. The predicted octanol–water partition coefficient (Wildman–Crippen LogP) is 5.24. The second-order valence-electron chi connectivity index (χ2n) is 5.02. The molecule has 2 aromatic carbocycles. The highest BCUT2D eigenvalue weighted by atomic mass is 32.2. The monoisotopic (exact) mass is 406 g/mol. The summed E-state index contributed by atoms with van der Waals surface area (Å²) in [5.41, 5.74) is 0.910. The van der Waals surface area contributed by atoms with E-state index in [1.807, 2.05) is 30.3 Å². The molecule has 0 radical (unpaired) electrons. The van der Waals surface area contributed by atoms with Crippen molar-refractivity contribution >= 4 is 33.8 Å². The fourth-order valence-electron chi connectivity index (χ4n) is 1.85. The third-order valence-electron chi connectivity index (χ3n) is 3.16. The highest BCUT2D eigenvalue weighted by molar-refractivity contribution is 8.14. The number of thioether (sulfide) groups is 2. The van der Waals surface area contributed by atoms with Crippen molar-refractivity contribution in [2.75, 3.05) is 0 Å². The van der Waals surface area contributed by atoms with E-state index in [1.54, 1.807) is 0 Å². The van der Waals surface area contributed by atoms with Gasteiger partial charge in [-0.25, -0.2) is 22.0 Å². The van der Waals surface area contributed by atoms with Crippen LogP contribution < -0.4 is 0 Å². The molecule has 2 rings (SSSR count). The Morgan fingerprint density at radius 2 is 1.23 bits per heavy atom. The van der Waals surface area contributed by atoms with Crippen molar-refractivity contribution in [2.24, 2.45) is 0 Å². The Labute approximate surface area is 154 Å². The molecule has 0 saturated heterocycles. The molecule has 0 unspecified atom stereocenters. The maximum absolute atomic E-state index is 13.5. The number of hydrogen-bond donors (Lipinski definition) is 0. The van der Waals surface area contributed by atoms with Crippen LogP contribution in [0.4, 0.5) is 22.0 Å². The molecule has 26 heavy (non-hydrogen) atoms. The zero-order valence-corrected chi connectivity index (χ0v) is 14.7. The Balaban J connectivity index is 1.90. The summed E-state index contributed by atoms with van der Waals surface area (Å²) < 4.78 is 66.1. The minimum atomic E-state index is -2.29. The molecule has 2 aromatic rings. The van der Waals surface area contributed by atoms with Gasteiger partial charge in [-0.2, -0.15) is 0 Å². The van der Waals surface area contributed by atoms with E-state index in [9.17, 15) is 31.5 Å². The van der Waals surface area contributed by atoms with Crippen molar-refractivity contribution in [3.05, 3.63) is 65.0 Å². The number of carbonyl (C=O) groups is 2. The number of rotatable bonds is 6. The summed E-state index contributed by atoms with van der Waals surface area (Å²) >= 11 is 0.866. The maximum Gasteiger partial charge on any atom is 0.200 e. The van der Waals surface area contributed by atoms with Crippen LogP contribution in [-0.2, 0) is 15.3 Å². The fraction of sp³-hybridized carbons (Fsp3) is 0.176. The van der Waals surface area contributed by atoms with Gasteiger partial charge in [0, 0.05) is 18.6 Å². The lowest BCUT2D eigenvalue weighted by atomic mass is 10.2. The topological polar surface area (TPSA) is 34.1 Å². The van der Waals surface area contributed by atoms with Gasteiger partial charge in [-0.1, -0.05) is 42.1 Å². The normalized spacial score (nSPS) is 10.8. The van der Waals surface area contributed by atoms with E-state index < -0.39 is 39.1 Å². The molecule has 0 atom stereocenters. The number of carbonyl (C=O) groups excluding carboxylic acids is 2. The van der Waals surface area contributed by atoms with Gasteiger partial charge in [0.05, 0.1) is 4.90 Å². The van der Waals surface area contributed by atoms with E-state index in [-0.39, 0.29) is 29.7 Å². The highest BCUT2D eigenvalue weighted by Crippen LogP contribution is 2.32. The van der Waals surface area contributed by atoms with Crippen molar-refractivity contribution in [3.8, 4) is 0 Å². The van der Waals surface area contributed by atoms with E-state index in [0.717, 1.165) is 17.3 Å². The zero-order valence-electron chi connectivity index (χ0n) is 13.0. The van der Waals surface area contributed by atoms with E-state index in [1.165, 1.54) is 0 Å². The SMILES string of the molecule is O=C(CCC(=O)Sc1c(F)c(F)c(F)c(F)c1F)SCc1ccccc1. The quantitative estimate of drug-likeness (QED) is 0.284. The Morgan fingerprint density at radius 1 is 0.731 bits per heavy atom. The van der Waals surface area contributed by atoms with Crippen LogP contribution in [-0.4, -0.2) is 10.2 Å². The van der Waals surface area contributed by atoms with Crippen molar-refractivity contribution in [3.63, 3.8) is 0 Å². The molecule has 0 aliphatic heterocycles. The molecule has 0 heterocycles. The second-order valence-corrected chi connectivity index (χ2v) is 7.12. The number of hydrogen-bond acceptors (Lipinski definition) is 4. The first-order chi connectivity index (χ1) is 12.3.